The lowest BCUT2D eigenvalue weighted by atomic mass is 10.1. The largest absolute Gasteiger partial charge is 0.352 e. The molecule has 4 aromatic heterocycles. The number of H-pyrrole nitrogens is 1. The highest BCUT2D eigenvalue weighted by atomic mass is 19.1. The predicted octanol–water partition coefficient (Wildman–Crippen LogP) is 3.23. The van der Waals surface area contributed by atoms with Crippen LogP contribution >= 0.6 is 0 Å². The third-order valence-corrected chi connectivity index (χ3v) is 3.60. The predicted molar refractivity (Wildman–Crippen MR) is 86.8 cm³/mol. The SMILES string of the molecule is CC(C)Nc1ncc2c(-c3cc(F)c4nccn4c3)c[nH]c2n1. The lowest BCUT2D eigenvalue weighted by molar-refractivity contribution is 0.630. The number of imidazole rings is 1. The molecule has 0 aliphatic rings. The van der Waals surface area contributed by atoms with Gasteiger partial charge in [-0.3, -0.25) is 0 Å². The second-order valence-electron chi connectivity index (χ2n) is 5.69. The molecule has 116 valence electrons. The molecule has 0 radical (unpaired) electrons. The highest BCUT2D eigenvalue weighted by molar-refractivity contribution is 5.93. The molecule has 0 aliphatic heterocycles. The van der Waals surface area contributed by atoms with Crippen LogP contribution < -0.4 is 5.32 Å². The fraction of sp³-hybridized carbons (Fsp3) is 0.188. The van der Waals surface area contributed by atoms with Crippen molar-refractivity contribution in [2.75, 3.05) is 5.32 Å². The fourth-order valence-corrected chi connectivity index (χ4v) is 2.61. The van der Waals surface area contributed by atoms with Gasteiger partial charge in [0.1, 0.15) is 5.65 Å². The molecular formula is C16H15FN6. The second kappa shape index (κ2) is 5.05. The van der Waals surface area contributed by atoms with Gasteiger partial charge in [-0.1, -0.05) is 0 Å². The lowest BCUT2D eigenvalue weighted by Crippen LogP contribution is -2.12. The fourth-order valence-electron chi connectivity index (χ4n) is 2.61. The average molecular weight is 310 g/mol. The summed E-state index contributed by atoms with van der Waals surface area (Å²) < 4.78 is 15.8. The molecule has 0 bridgehead atoms. The number of fused-ring (bicyclic) bond motifs is 2. The standard InChI is InChI=1S/C16H15FN6/c1-9(2)21-16-20-7-12-11(6-19-14(12)22-16)10-5-13(17)15-18-3-4-23(15)8-10/h3-9H,1-2H3,(H2,19,20,21,22). The number of aromatic nitrogens is 5. The zero-order chi connectivity index (χ0) is 16.0. The van der Waals surface area contributed by atoms with Crippen LogP contribution in [0.3, 0.4) is 0 Å². The first-order valence-electron chi connectivity index (χ1n) is 7.35. The Morgan fingerprint density at radius 3 is 3.00 bits per heavy atom. The van der Waals surface area contributed by atoms with Gasteiger partial charge in [-0.15, -0.1) is 0 Å². The summed E-state index contributed by atoms with van der Waals surface area (Å²) in [5.74, 6) is 0.206. The zero-order valence-electron chi connectivity index (χ0n) is 12.7. The first-order chi connectivity index (χ1) is 11.1. The van der Waals surface area contributed by atoms with Crippen molar-refractivity contribution in [3.8, 4) is 11.1 Å². The van der Waals surface area contributed by atoms with E-state index in [1.54, 1.807) is 23.0 Å². The van der Waals surface area contributed by atoms with E-state index >= 15 is 0 Å². The van der Waals surface area contributed by atoms with Gasteiger partial charge >= 0.3 is 0 Å². The van der Waals surface area contributed by atoms with Crippen LogP contribution in [0.1, 0.15) is 13.8 Å². The van der Waals surface area contributed by atoms with Crippen LogP contribution in [-0.2, 0) is 0 Å². The Morgan fingerprint density at radius 1 is 1.30 bits per heavy atom. The molecule has 0 aliphatic carbocycles. The van der Waals surface area contributed by atoms with Crippen molar-refractivity contribution in [2.24, 2.45) is 0 Å². The topological polar surface area (TPSA) is 70.9 Å². The molecule has 2 N–H and O–H groups in total. The molecule has 7 heteroatoms. The number of aromatic amines is 1. The Kier molecular flexibility index (Phi) is 3.00. The first kappa shape index (κ1) is 13.7. The molecule has 4 aromatic rings. The number of rotatable bonds is 3. The summed E-state index contributed by atoms with van der Waals surface area (Å²) >= 11 is 0. The third-order valence-electron chi connectivity index (χ3n) is 3.60. The van der Waals surface area contributed by atoms with Gasteiger partial charge in [0, 0.05) is 53.5 Å². The van der Waals surface area contributed by atoms with Crippen LogP contribution in [0.5, 0.6) is 0 Å². The molecule has 0 amide bonds. The molecule has 0 atom stereocenters. The van der Waals surface area contributed by atoms with Crippen molar-refractivity contribution < 1.29 is 4.39 Å². The van der Waals surface area contributed by atoms with E-state index in [9.17, 15) is 4.39 Å². The van der Waals surface area contributed by atoms with Crippen molar-refractivity contribution in [3.05, 3.63) is 42.9 Å². The van der Waals surface area contributed by atoms with E-state index in [4.69, 9.17) is 0 Å². The summed E-state index contributed by atoms with van der Waals surface area (Å²) in [5.41, 5.74) is 2.62. The maximum atomic E-state index is 14.1. The summed E-state index contributed by atoms with van der Waals surface area (Å²) in [4.78, 5) is 15.9. The molecule has 0 saturated carbocycles. The molecule has 6 nitrogen and oxygen atoms in total. The molecule has 0 saturated heterocycles. The van der Waals surface area contributed by atoms with E-state index in [0.717, 1.165) is 16.5 Å². The number of anilines is 1. The first-order valence-corrected chi connectivity index (χ1v) is 7.35. The van der Waals surface area contributed by atoms with Crippen LogP contribution in [0.4, 0.5) is 10.3 Å². The van der Waals surface area contributed by atoms with Crippen LogP contribution in [0, 0.1) is 5.82 Å². The van der Waals surface area contributed by atoms with Gasteiger partial charge in [-0.05, 0) is 19.9 Å². The molecule has 4 heterocycles. The molecule has 0 fully saturated rings. The van der Waals surface area contributed by atoms with Gasteiger partial charge in [0.25, 0.3) is 0 Å². The summed E-state index contributed by atoms with van der Waals surface area (Å²) in [6.45, 7) is 4.05. The number of nitrogens with one attached hydrogen (secondary N) is 2. The maximum absolute atomic E-state index is 14.1. The van der Waals surface area contributed by atoms with E-state index in [1.807, 2.05) is 26.2 Å². The minimum absolute atomic E-state index is 0.250. The summed E-state index contributed by atoms with van der Waals surface area (Å²) in [6, 6.07) is 1.73. The van der Waals surface area contributed by atoms with E-state index < -0.39 is 0 Å². The average Bonchev–Trinajstić information content (AvgIpc) is 3.12. The molecule has 0 aromatic carbocycles. The maximum Gasteiger partial charge on any atom is 0.224 e. The van der Waals surface area contributed by atoms with Crippen LogP contribution in [0.25, 0.3) is 27.8 Å². The number of hydrogen-bond donors (Lipinski definition) is 2. The van der Waals surface area contributed by atoms with Crippen molar-refractivity contribution in [3.63, 3.8) is 0 Å². The molecule has 23 heavy (non-hydrogen) atoms. The minimum atomic E-state index is -0.360. The zero-order valence-corrected chi connectivity index (χ0v) is 12.7. The molecular weight excluding hydrogens is 295 g/mol. The van der Waals surface area contributed by atoms with E-state index in [1.165, 1.54) is 6.07 Å². The lowest BCUT2D eigenvalue weighted by Gasteiger charge is -2.07. The smallest absolute Gasteiger partial charge is 0.224 e. The van der Waals surface area contributed by atoms with Crippen LogP contribution in [-0.4, -0.2) is 30.4 Å². The van der Waals surface area contributed by atoms with Crippen LogP contribution in [0.2, 0.25) is 0 Å². The van der Waals surface area contributed by atoms with Crippen molar-refractivity contribution in [2.45, 2.75) is 19.9 Å². The van der Waals surface area contributed by atoms with Gasteiger partial charge in [0.2, 0.25) is 5.95 Å². The van der Waals surface area contributed by atoms with Gasteiger partial charge in [0.05, 0.1) is 0 Å². The van der Waals surface area contributed by atoms with Crippen molar-refractivity contribution in [1.82, 2.24) is 24.3 Å². The summed E-state index contributed by atoms with van der Waals surface area (Å²) in [5, 5.41) is 4.01. The number of pyridine rings is 1. The number of nitrogens with zero attached hydrogens (tertiary/aromatic N) is 4. The van der Waals surface area contributed by atoms with E-state index in [-0.39, 0.29) is 11.9 Å². The van der Waals surface area contributed by atoms with Gasteiger partial charge < -0.3 is 14.7 Å². The third kappa shape index (κ3) is 2.30. The van der Waals surface area contributed by atoms with Crippen LogP contribution in [0.15, 0.2) is 37.1 Å². The second-order valence-corrected chi connectivity index (χ2v) is 5.69. The Balaban J connectivity index is 1.84. The van der Waals surface area contributed by atoms with E-state index in [2.05, 4.69) is 25.3 Å². The number of halogens is 1. The molecule has 4 rings (SSSR count). The van der Waals surface area contributed by atoms with Gasteiger partial charge in [-0.25, -0.2) is 14.4 Å². The molecule has 0 unspecified atom stereocenters. The van der Waals surface area contributed by atoms with Crippen molar-refractivity contribution in [1.29, 1.82) is 0 Å². The summed E-state index contributed by atoms with van der Waals surface area (Å²) in [7, 11) is 0. The quantitative estimate of drug-likeness (QED) is 0.609. The number of hydrogen-bond acceptors (Lipinski definition) is 4. The van der Waals surface area contributed by atoms with Crippen molar-refractivity contribution >= 4 is 22.6 Å². The van der Waals surface area contributed by atoms with E-state index in [0.29, 0.717) is 17.2 Å². The minimum Gasteiger partial charge on any atom is -0.352 e. The highest BCUT2D eigenvalue weighted by Crippen LogP contribution is 2.29. The van der Waals surface area contributed by atoms with Gasteiger partial charge in [-0.2, -0.15) is 4.98 Å². The Hall–Kier alpha value is -2.96. The highest BCUT2D eigenvalue weighted by Gasteiger charge is 2.12. The summed E-state index contributed by atoms with van der Waals surface area (Å²) in [6.07, 6.45) is 8.70. The molecule has 0 spiro atoms. The van der Waals surface area contributed by atoms with Gasteiger partial charge in [0.15, 0.2) is 11.5 Å². The monoisotopic (exact) mass is 310 g/mol. The Labute approximate surface area is 131 Å². The Morgan fingerprint density at radius 2 is 2.17 bits per heavy atom. The Bertz CT molecular complexity index is 1000. The normalized spacial score (nSPS) is 11.7.